The van der Waals surface area contributed by atoms with E-state index in [1.807, 2.05) is 32.6 Å². The van der Waals surface area contributed by atoms with E-state index in [-0.39, 0.29) is 6.04 Å². The number of nitrogens with one attached hydrogen (secondary N) is 1. The van der Waals surface area contributed by atoms with E-state index in [2.05, 4.69) is 36.9 Å². The smallest absolute Gasteiger partial charge is 0.163 e. The van der Waals surface area contributed by atoms with Crippen LogP contribution in [0.1, 0.15) is 37.5 Å². The van der Waals surface area contributed by atoms with E-state index in [0.717, 1.165) is 61.1 Å². The molecule has 0 unspecified atom stereocenters. The molecule has 8 heteroatoms. The van der Waals surface area contributed by atoms with Gasteiger partial charge in [0.2, 0.25) is 0 Å². The first-order valence-electron chi connectivity index (χ1n) is 9.19. The largest absolute Gasteiger partial charge is 0.381 e. The molecule has 1 N–H and O–H groups in total. The van der Waals surface area contributed by atoms with E-state index < -0.39 is 0 Å². The zero-order valence-corrected chi connectivity index (χ0v) is 15.5. The molecule has 0 saturated carbocycles. The Labute approximate surface area is 152 Å². The SMILES string of the molecule is CCn1ccnc1[C@@H](Nc1nc(C)nc2c1cnn2C)C1CCOCC1. The highest BCUT2D eigenvalue weighted by molar-refractivity contribution is 5.86. The Balaban J connectivity index is 1.75. The van der Waals surface area contributed by atoms with Gasteiger partial charge in [-0.05, 0) is 32.6 Å². The molecule has 3 aromatic heterocycles. The number of nitrogens with zero attached hydrogens (tertiary/aromatic N) is 6. The van der Waals surface area contributed by atoms with E-state index in [4.69, 9.17) is 4.74 Å². The van der Waals surface area contributed by atoms with Crippen LogP contribution in [-0.4, -0.2) is 42.5 Å². The molecule has 1 aliphatic heterocycles. The standard InChI is InChI=1S/C18H25N7O/c1-4-25-8-7-19-18(25)15(13-5-9-26-10-6-13)23-16-14-11-20-24(3)17(14)22-12(2)21-16/h7-8,11,13,15H,4-6,9-10H2,1-3H3,(H,21,22,23)/t15-/m0/s1. The van der Waals surface area contributed by atoms with Gasteiger partial charge in [0.15, 0.2) is 5.65 Å². The van der Waals surface area contributed by atoms with Crippen LogP contribution in [0.2, 0.25) is 0 Å². The second-order valence-electron chi connectivity index (χ2n) is 6.77. The molecule has 8 nitrogen and oxygen atoms in total. The summed E-state index contributed by atoms with van der Waals surface area (Å²) in [5.41, 5.74) is 0.838. The van der Waals surface area contributed by atoms with Crippen molar-refractivity contribution < 1.29 is 4.74 Å². The van der Waals surface area contributed by atoms with Crippen molar-refractivity contribution >= 4 is 16.9 Å². The summed E-state index contributed by atoms with van der Waals surface area (Å²) in [7, 11) is 1.90. The van der Waals surface area contributed by atoms with E-state index in [1.54, 1.807) is 4.68 Å². The van der Waals surface area contributed by atoms with Gasteiger partial charge in [-0.25, -0.2) is 15.0 Å². The van der Waals surface area contributed by atoms with Crippen LogP contribution in [-0.2, 0) is 18.3 Å². The van der Waals surface area contributed by atoms with Crippen LogP contribution in [0.15, 0.2) is 18.6 Å². The Kier molecular flexibility index (Phi) is 4.58. The number of hydrogen-bond acceptors (Lipinski definition) is 6. The van der Waals surface area contributed by atoms with Gasteiger partial charge in [-0.1, -0.05) is 0 Å². The zero-order valence-electron chi connectivity index (χ0n) is 15.5. The molecular formula is C18H25N7O. The van der Waals surface area contributed by atoms with Crippen molar-refractivity contribution in [1.29, 1.82) is 0 Å². The molecule has 138 valence electrons. The number of aryl methyl sites for hydroxylation is 3. The molecule has 1 atom stereocenters. The van der Waals surface area contributed by atoms with Gasteiger partial charge in [0.05, 0.1) is 17.6 Å². The van der Waals surface area contributed by atoms with Crippen LogP contribution >= 0.6 is 0 Å². The van der Waals surface area contributed by atoms with Crippen LogP contribution in [0.3, 0.4) is 0 Å². The van der Waals surface area contributed by atoms with Gasteiger partial charge in [-0.3, -0.25) is 4.68 Å². The van der Waals surface area contributed by atoms with Crippen LogP contribution in [0.5, 0.6) is 0 Å². The molecule has 4 heterocycles. The predicted molar refractivity (Wildman–Crippen MR) is 98.8 cm³/mol. The lowest BCUT2D eigenvalue weighted by Crippen LogP contribution is -2.29. The Hall–Kier alpha value is -2.48. The van der Waals surface area contributed by atoms with Crippen molar-refractivity contribution in [2.24, 2.45) is 13.0 Å². The quantitative estimate of drug-likeness (QED) is 0.757. The van der Waals surface area contributed by atoms with Crippen molar-refractivity contribution in [3.05, 3.63) is 30.2 Å². The maximum Gasteiger partial charge on any atom is 0.163 e. The number of rotatable bonds is 5. The predicted octanol–water partition coefficient (Wildman–Crippen LogP) is 2.47. The molecular weight excluding hydrogens is 330 g/mol. The Bertz CT molecular complexity index is 894. The Morgan fingerprint density at radius 3 is 2.88 bits per heavy atom. The molecule has 0 spiro atoms. The fraction of sp³-hybridized carbons (Fsp3) is 0.556. The second-order valence-corrected chi connectivity index (χ2v) is 6.77. The third kappa shape index (κ3) is 3.05. The number of ether oxygens (including phenoxy) is 1. The highest BCUT2D eigenvalue weighted by Gasteiger charge is 2.29. The molecule has 4 rings (SSSR count). The molecule has 1 saturated heterocycles. The molecule has 0 aromatic carbocycles. The number of anilines is 1. The van der Waals surface area contributed by atoms with Gasteiger partial charge in [0.1, 0.15) is 17.5 Å². The summed E-state index contributed by atoms with van der Waals surface area (Å²) < 4.78 is 9.55. The summed E-state index contributed by atoms with van der Waals surface area (Å²) in [6, 6.07) is 0.0755. The lowest BCUT2D eigenvalue weighted by molar-refractivity contribution is 0.0593. The summed E-state index contributed by atoms with van der Waals surface area (Å²) >= 11 is 0. The zero-order chi connectivity index (χ0) is 18.1. The van der Waals surface area contributed by atoms with Gasteiger partial charge in [0, 0.05) is 39.2 Å². The summed E-state index contributed by atoms with van der Waals surface area (Å²) in [6.07, 6.45) is 7.75. The van der Waals surface area contributed by atoms with Crippen LogP contribution in [0, 0.1) is 12.8 Å². The fourth-order valence-electron chi connectivity index (χ4n) is 3.70. The first-order chi connectivity index (χ1) is 12.7. The van der Waals surface area contributed by atoms with Gasteiger partial charge in [-0.2, -0.15) is 5.10 Å². The monoisotopic (exact) mass is 355 g/mol. The van der Waals surface area contributed by atoms with Crippen LogP contribution in [0.25, 0.3) is 11.0 Å². The average molecular weight is 355 g/mol. The van der Waals surface area contributed by atoms with Crippen LogP contribution in [0.4, 0.5) is 5.82 Å². The molecule has 0 amide bonds. The molecule has 1 fully saturated rings. The second kappa shape index (κ2) is 7.03. The third-order valence-electron chi connectivity index (χ3n) is 5.10. The highest BCUT2D eigenvalue weighted by atomic mass is 16.5. The van der Waals surface area contributed by atoms with E-state index in [1.165, 1.54) is 0 Å². The normalized spacial score (nSPS) is 16.9. The Morgan fingerprint density at radius 2 is 2.12 bits per heavy atom. The van der Waals surface area contributed by atoms with E-state index in [9.17, 15) is 0 Å². The molecule has 0 radical (unpaired) electrons. The van der Waals surface area contributed by atoms with E-state index >= 15 is 0 Å². The summed E-state index contributed by atoms with van der Waals surface area (Å²) in [5, 5.41) is 8.96. The molecule has 1 aliphatic rings. The average Bonchev–Trinajstić information content (AvgIpc) is 3.27. The maximum absolute atomic E-state index is 5.57. The summed E-state index contributed by atoms with van der Waals surface area (Å²) in [6.45, 7) is 6.53. The number of fused-ring (bicyclic) bond motifs is 1. The Morgan fingerprint density at radius 1 is 1.31 bits per heavy atom. The number of aromatic nitrogens is 6. The van der Waals surface area contributed by atoms with E-state index in [0.29, 0.717) is 5.92 Å². The van der Waals surface area contributed by atoms with Gasteiger partial charge < -0.3 is 14.6 Å². The van der Waals surface area contributed by atoms with Gasteiger partial charge in [0.25, 0.3) is 0 Å². The van der Waals surface area contributed by atoms with Crippen molar-refractivity contribution in [2.45, 2.75) is 39.3 Å². The minimum absolute atomic E-state index is 0.0755. The lowest BCUT2D eigenvalue weighted by Gasteiger charge is -2.31. The minimum atomic E-state index is 0.0755. The molecule has 0 bridgehead atoms. The van der Waals surface area contributed by atoms with Gasteiger partial charge in [-0.15, -0.1) is 0 Å². The first kappa shape index (κ1) is 17.0. The third-order valence-corrected chi connectivity index (χ3v) is 5.10. The molecule has 0 aliphatic carbocycles. The fourth-order valence-corrected chi connectivity index (χ4v) is 3.70. The van der Waals surface area contributed by atoms with Crippen LogP contribution < -0.4 is 5.32 Å². The molecule has 3 aromatic rings. The van der Waals surface area contributed by atoms with Gasteiger partial charge >= 0.3 is 0 Å². The number of hydrogen-bond donors (Lipinski definition) is 1. The number of imidazole rings is 1. The van der Waals surface area contributed by atoms with Crippen molar-refractivity contribution in [3.63, 3.8) is 0 Å². The van der Waals surface area contributed by atoms with Crippen molar-refractivity contribution in [2.75, 3.05) is 18.5 Å². The van der Waals surface area contributed by atoms with Crippen molar-refractivity contribution in [3.8, 4) is 0 Å². The summed E-state index contributed by atoms with van der Waals surface area (Å²) in [4.78, 5) is 13.9. The maximum atomic E-state index is 5.57. The first-order valence-corrected chi connectivity index (χ1v) is 9.19. The molecule has 26 heavy (non-hydrogen) atoms. The highest BCUT2D eigenvalue weighted by Crippen LogP contribution is 2.33. The lowest BCUT2D eigenvalue weighted by atomic mass is 9.91. The topological polar surface area (TPSA) is 82.7 Å². The summed E-state index contributed by atoms with van der Waals surface area (Å²) in [5.74, 6) is 3.04. The van der Waals surface area contributed by atoms with Crippen molar-refractivity contribution in [1.82, 2.24) is 29.3 Å². The minimum Gasteiger partial charge on any atom is -0.381 e.